The van der Waals surface area contributed by atoms with Crippen molar-refractivity contribution >= 4 is 44.3 Å². The maximum atomic E-state index is 12.4. The van der Waals surface area contributed by atoms with E-state index in [1.54, 1.807) is 6.07 Å². The number of pyridine rings is 1. The molecule has 3 rings (SSSR count). The minimum absolute atomic E-state index is 0.249. The zero-order chi connectivity index (χ0) is 17.8. The molecule has 2 amide bonds. The molecule has 8 heteroatoms. The second-order valence-electron chi connectivity index (χ2n) is 5.15. The van der Waals surface area contributed by atoms with E-state index in [1.807, 2.05) is 25.1 Å². The first-order valence-electron chi connectivity index (χ1n) is 7.63. The molecule has 0 saturated carbocycles. The first kappa shape index (κ1) is 16.8. The van der Waals surface area contributed by atoms with Crippen molar-refractivity contribution in [3.05, 3.63) is 42.1 Å². The topological polar surface area (TPSA) is 93.2 Å². The Balaban J connectivity index is 1.78. The van der Waals surface area contributed by atoms with Crippen molar-refractivity contribution in [3.8, 4) is 5.75 Å². The van der Waals surface area contributed by atoms with E-state index >= 15 is 0 Å². The van der Waals surface area contributed by atoms with Gasteiger partial charge in [0.1, 0.15) is 11.6 Å². The second kappa shape index (κ2) is 7.27. The lowest BCUT2D eigenvalue weighted by Gasteiger charge is -2.04. The summed E-state index contributed by atoms with van der Waals surface area (Å²) in [5.74, 6) is 0.524. The number of benzene rings is 1. The van der Waals surface area contributed by atoms with E-state index in [-0.39, 0.29) is 11.8 Å². The molecule has 1 aromatic carbocycles. The third kappa shape index (κ3) is 4.10. The minimum Gasteiger partial charge on any atom is -0.494 e. The van der Waals surface area contributed by atoms with Gasteiger partial charge >= 0.3 is 0 Å². The normalized spacial score (nSPS) is 10.5. The largest absolute Gasteiger partial charge is 0.494 e. The second-order valence-corrected chi connectivity index (χ2v) is 6.18. The van der Waals surface area contributed by atoms with Crippen LogP contribution in [0.4, 0.5) is 10.9 Å². The van der Waals surface area contributed by atoms with Gasteiger partial charge in [-0.2, -0.15) is 0 Å². The summed E-state index contributed by atoms with van der Waals surface area (Å²) in [4.78, 5) is 31.9. The summed E-state index contributed by atoms with van der Waals surface area (Å²) in [7, 11) is 0. The molecule has 7 nitrogen and oxygen atoms in total. The van der Waals surface area contributed by atoms with Crippen LogP contribution in [0.3, 0.4) is 0 Å². The van der Waals surface area contributed by atoms with Crippen LogP contribution in [0.25, 0.3) is 10.2 Å². The molecule has 0 fully saturated rings. The van der Waals surface area contributed by atoms with Crippen LogP contribution >= 0.6 is 11.3 Å². The Morgan fingerprint density at radius 2 is 2.04 bits per heavy atom. The van der Waals surface area contributed by atoms with Gasteiger partial charge in [0.05, 0.1) is 16.8 Å². The molecule has 128 valence electrons. The number of hydrogen-bond acceptors (Lipinski definition) is 6. The Morgan fingerprint density at radius 1 is 1.20 bits per heavy atom. The summed E-state index contributed by atoms with van der Waals surface area (Å²) in [5, 5.41) is 5.81. The number of hydrogen-bond donors (Lipinski definition) is 2. The number of thiazole rings is 1. The number of anilines is 2. The highest BCUT2D eigenvalue weighted by atomic mass is 32.1. The lowest BCUT2D eigenvalue weighted by atomic mass is 10.2. The van der Waals surface area contributed by atoms with Gasteiger partial charge in [-0.15, -0.1) is 0 Å². The van der Waals surface area contributed by atoms with E-state index < -0.39 is 0 Å². The molecule has 3 aromatic rings. The average molecular weight is 356 g/mol. The molecule has 0 aliphatic carbocycles. The number of ether oxygens (including phenoxy) is 1. The molecule has 0 spiro atoms. The monoisotopic (exact) mass is 356 g/mol. The van der Waals surface area contributed by atoms with Gasteiger partial charge in [-0.1, -0.05) is 11.3 Å². The molecule has 2 N–H and O–H groups in total. The molecule has 25 heavy (non-hydrogen) atoms. The molecule has 2 aromatic heterocycles. The van der Waals surface area contributed by atoms with Gasteiger partial charge < -0.3 is 10.1 Å². The van der Waals surface area contributed by atoms with Crippen LogP contribution in [0.2, 0.25) is 0 Å². The number of nitrogens with one attached hydrogen (secondary N) is 2. The highest BCUT2D eigenvalue weighted by molar-refractivity contribution is 7.22. The smallest absolute Gasteiger partial charge is 0.257 e. The number of aromatic nitrogens is 2. The molecule has 0 radical (unpaired) electrons. The van der Waals surface area contributed by atoms with Gasteiger partial charge in [-0.3, -0.25) is 14.9 Å². The summed E-state index contributed by atoms with van der Waals surface area (Å²) >= 11 is 1.37. The molecule has 0 bridgehead atoms. The Bertz CT molecular complexity index is 939. The van der Waals surface area contributed by atoms with Crippen LogP contribution in [0.15, 0.2) is 36.5 Å². The van der Waals surface area contributed by atoms with Gasteiger partial charge in [-0.05, 0) is 37.3 Å². The SMILES string of the molecule is CCOc1ccc2nc(NC(=O)c3ccnc(NC(C)=O)c3)sc2c1. The average Bonchev–Trinajstić information content (AvgIpc) is 2.96. The Hall–Kier alpha value is -3.00. The number of carbonyl (C=O) groups is 2. The number of nitrogens with zero attached hydrogens (tertiary/aromatic N) is 2. The predicted molar refractivity (Wildman–Crippen MR) is 97.3 cm³/mol. The van der Waals surface area contributed by atoms with Crippen molar-refractivity contribution in [2.45, 2.75) is 13.8 Å². The maximum absolute atomic E-state index is 12.4. The highest BCUT2D eigenvalue weighted by Crippen LogP contribution is 2.29. The number of rotatable bonds is 5. The van der Waals surface area contributed by atoms with Crippen molar-refractivity contribution in [1.82, 2.24) is 9.97 Å². The Morgan fingerprint density at radius 3 is 2.80 bits per heavy atom. The van der Waals surface area contributed by atoms with Gasteiger partial charge in [0.25, 0.3) is 5.91 Å². The third-order valence-electron chi connectivity index (χ3n) is 3.22. The summed E-state index contributed by atoms with van der Waals surface area (Å²) in [6.07, 6.45) is 1.47. The van der Waals surface area contributed by atoms with Crippen molar-refractivity contribution in [3.63, 3.8) is 0 Å². The zero-order valence-electron chi connectivity index (χ0n) is 13.7. The Labute approximate surface area is 148 Å². The van der Waals surface area contributed by atoms with E-state index in [9.17, 15) is 9.59 Å². The van der Waals surface area contributed by atoms with Crippen LogP contribution in [-0.2, 0) is 4.79 Å². The molecular formula is C17H16N4O3S. The molecule has 0 unspecified atom stereocenters. The van der Waals surface area contributed by atoms with Crippen LogP contribution in [-0.4, -0.2) is 28.4 Å². The van der Waals surface area contributed by atoms with E-state index in [4.69, 9.17) is 4.74 Å². The van der Waals surface area contributed by atoms with Gasteiger partial charge in [0, 0.05) is 18.7 Å². The molecule has 2 heterocycles. The molecule has 0 saturated heterocycles. The van der Waals surface area contributed by atoms with Gasteiger partial charge in [0.2, 0.25) is 5.91 Å². The predicted octanol–water partition coefficient (Wildman–Crippen LogP) is 3.30. The van der Waals surface area contributed by atoms with Crippen LogP contribution < -0.4 is 15.4 Å². The van der Waals surface area contributed by atoms with Crippen LogP contribution in [0.5, 0.6) is 5.75 Å². The molecule has 0 aliphatic heterocycles. The van der Waals surface area contributed by atoms with E-state index in [1.165, 1.54) is 30.5 Å². The highest BCUT2D eigenvalue weighted by Gasteiger charge is 2.12. The summed E-state index contributed by atoms with van der Waals surface area (Å²) in [6.45, 7) is 3.89. The lowest BCUT2D eigenvalue weighted by molar-refractivity contribution is -0.114. The number of fused-ring (bicyclic) bond motifs is 1. The molecule has 0 aliphatic rings. The first-order chi connectivity index (χ1) is 12.0. The Kier molecular flexibility index (Phi) is 4.90. The lowest BCUT2D eigenvalue weighted by Crippen LogP contribution is -2.13. The minimum atomic E-state index is -0.321. The quantitative estimate of drug-likeness (QED) is 0.732. The summed E-state index contributed by atoms with van der Waals surface area (Å²) in [5.41, 5.74) is 1.17. The van der Waals surface area contributed by atoms with Crippen molar-refractivity contribution in [2.75, 3.05) is 17.2 Å². The fraction of sp³-hybridized carbons (Fsp3) is 0.176. The summed E-state index contributed by atoms with van der Waals surface area (Å²) < 4.78 is 6.39. The summed E-state index contributed by atoms with van der Waals surface area (Å²) in [6, 6.07) is 8.68. The molecule has 0 atom stereocenters. The van der Waals surface area contributed by atoms with Crippen molar-refractivity contribution < 1.29 is 14.3 Å². The third-order valence-corrected chi connectivity index (χ3v) is 4.15. The molecular weight excluding hydrogens is 340 g/mol. The van der Waals surface area contributed by atoms with Crippen LogP contribution in [0, 0.1) is 0 Å². The fourth-order valence-electron chi connectivity index (χ4n) is 2.20. The standard InChI is InChI=1S/C17H16N4O3S/c1-3-24-12-4-5-13-14(9-12)25-17(20-13)21-16(23)11-6-7-18-15(8-11)19-10(2)22/h4-9H,3H2,1-2H3,(H,18,19,22)(H,20,21,23). The number of carbonyl (C=O) groups excluding carboxylic acids is 2. The van der Waals surface area contributed by atoms with E-state index in [0.29, 0.717) is 23.1 Å². The van der Waals surface area contributed by atoms with E-state index in [0.717, 1.165) is 16.0 Å². The van der Waals surface area contributed by atoms with Crippen molar-refractivity contribution in [2.24, 2.45) is 0 Å². The van der Waals surface area contributed by atoms with Crippen molar-refractivity contribution in [1.29, 1.82) is 0 Å². The fourth-order valence-corrected chi connectivity index (χ4v) is 3.09. The van der Waals surface area contributed by atoms with Gasteiger partial charge in [0.15, 0.2) is 5.13 Å². The van der Waals surface area contributed by atoms with Gasteiger partial charge in [-0.25, -0.2) is 9.97 Å². The van der Waals surface area contributed by atoms with Crippen LogP contribution in [0.1, 0.15) is 24.2 Å². The zero-order valence-corrected chi connectivity index (χ0v) is 14.5. The maximum Gasteiger partial charge on any atom is 0.257 e. The number of amides is 2. The van der Waals surface area contributed by atoms with E-state index in [2.05, 4.69) is 20.6 Å². The first-order valence-corrected chi connectivity index (χ1v) is 8.45.